The highest BCUT2D eigenvalue weighted by molar-refractivity contribution is 9.10. The Hall–Kier alpha value is -2.03. The second-order valence-electron chi connectivity index (χ2n) is 6.15. The summed E-state index contributed by atoms with van der Waals surface area (Å²) in [7, 11) is 0. The lowest BCUT2D eigenvalue weighted by Gasteiger charge is -2.28. The molecule has 2 aliphatic heterocycles. The van der Waals surface area contributed by atoms with Gasteiger partial charge in [0.25, 0.3) is 0 Å². The molecule has 0 fully saturated rings. The normalized spacial score (nSPS) is 15.9. The number of halogens is 1. The maximum absolute atomic E-state index is 5.49. The lowest BCUT2D eigenvalue weighted by molar-refractivity contribution is 0.174. The molecule has 0 N–H and O–H groups in total. The molecule has 0 bridgehead atoms. The molecule has 3 heterocycles. The summed E-state index contributed by atoms with van der Waals surface area (Å²) < 4.78 is 14.1. The van der Waals surface area contributed by atoms with E-state index in [-0.39, 0.29) is 0 Å². The first-order valence-electron chi connectivity index (χ1n) is 8.20. The SMILES string of the molecule is Brc1ccccc1-c1nnc2n1CN(Cc1ccc3c(c1)OCO3)CS2. The Kier molecular flexibility index (Phi) is 4.11. The van der Waals surface area contributed by atoms with E-state index in [1.165, 1.54) is 5.56 Å². The van der Waals surface area contributed by atoms with Gasteiger partial charge in [-0.1, -0.05) is 52.0 Å². The van der Waals surface area contributed by atoms with Gasteiger partial charge in [0.2, 0.25) is 6.79 Å². The molecule has 3 aromatic rings. The Labute approximate surface area is 163 Å². The highest BCUT2D eigenvalue weighted by Gasteiger charge is 2.24. The first kappa shape index (κ1) is 16.2. The minimum atomic E-state index is 0.303. The van der Waals surface area contributed by atoms with Crippen molar-refractivity contribution in [2.75, 3.05) is 12.7 Å². The fourth-order valence-corrected chi connectivity index (χ4v) is 4.48. The number of aromatic nitrogens is 3. The van der Waals surface area contributed by atoms with Gasteiger partial charge in [-0.25, -0.2) is 0 Å². The maximum Gasteiger partial charge on any atom is 0.231 e. The Morgan fingerprint density at radius 2 is 1.96 bits per heavy atom. The van der Waals surface area contributed by atoms with Gasteiger partial charge in [0.15, 0.2) is 22.5 Å². The number of benzene rings is 2. The molecule has 0 aliphatic carbocycles. The highest BCUT2D eigenvalue weighted by Crippen LogP contribution is 2.35. The standard InChI is InChI=1S/C18H15BrN4O2S/c19-14-4-2-1-3-13(14)17-20-21-18-23(17)9-22(10-26-18)8-12-5-6-15-16(7-12)25-11-24-15/h1-7H,8-11H2. The van der Waals surface area contributed by atoms with E-state index in [4.69, 9.17) is 9.47 Å². The van der Waals surface area contributed by atoms with Crippen LogP contribution < -0.4 is 9.47 Å². The molecule has 26 heavy (non-hydrogen) atoms. The third-order valence-electron chi connectivity index (χ3n) is 4.39. The summed E-state index contributed by atoms with van der Waals surface area (Å²) in [6, 6.07) is 14.2. The van der Waals surface area contributed by atoms with E-state index in [1.807, 2.05) is 24.3 Å². The zero-order valence-electron chi connectivity index (χ0n) is 13.8. The molecule has 2 aromatic carbocycles. The molecule has 5 rings (SSSR count). The van der Waals surface area contributed by atoms with Crippen molar-refractivity contribution in [3.05, 3.63) is 52.5 Å². The van der Waals surface area contributed by atoms with Crippen molar-refractivity contribution in [3.63, 3.8) is 0 Å². The monoisotopic (exact) mass is 430 g/mol. The molecule has 1 aromatic heterocycles. The van der Waals surface area contributed by atoms with E-state index < -0.39 is 0 Å². The van der Waals surface area contributed by atoms with Gasteiger partial charge in [0.05, 0.1) is 12.5 Å². The third-order valence-corrected chi connectivity index (χ3v) is 6.14. The van der Waals surface area contributed by atoms with Gasteiger partial charge in [-0.2, -0.15) is 0 Å². The van der Waals surface area contributed by atoms with E-state index in [0.717, 1.165) is 51.6 Å². The highest BCUT2D eigenvalue weighted by atomic mass is 79.9. The fraction of sp³-hybridized carbons (Fsp3) is 0.222. The molecule has 8 heteroatoms. The number of thioether (sulfide) groups is 1. The fourth-order valence-electron chi connectivity index (χ4n) is 3.15. The van der Waals surface area contributed by atoms with Crippen LogP contribution in [0.3, 0.4) is 0 Å². The summed E-state index contributed by atoms with van der Waals surface area (Å²) in [6.07, 6.45) is 0. The quantitative estimate of drug-likeness (QED) is 0.626. The zero-order valence-corrected chi connectivity index (χ0v) is 16.2. The molecule has 0 spiro atoms. The molecule has 0 radical (unpaired) electrons. The van der Waals surface area contributed by atoms with E-state index >= 15 is 0 Å². The van der Waals surface area contributed by atoms with Crippen molar-refractivity contribution in [2.45, 2.75) is 18.4 Å². The van der Waals surface area contributed by atoms with Crippen LogP contribution in [0.4, 0.5) is 0 Å². The van der Waals surface area contributed by atoms with Gasteiger partial charge in [-0.3, -0.25) is 9.47 Å². The molecule has 0 saturated heterocycles. The van der Waals surface area contributed by atoms with Crippen molar-refractivity contribution >= 4 is 27.7 Å². The van der Waals surface area contributed by atoms with Gasteiger partial charge in [0, 0.05) is 16.6 Å². The van der Waals surface area contributed by atoms with Crippen LogP contribution in [-0.4, -0.2) is 32.3 Å². The van der Waals surface area contributed by atoms with Crippen molar-refractivity contribution in [3.8, 4) is 22.9 Å². The number of fused-ring (bicyclic) bond motifs is 2. The van der Waals surface area contributed by atoms with Crippen LogP contribution in [0.5, 0.6) is 11.5 Å². The minimum Gasteiger partial charge on any atom is -0.454 e. The van der Waals surface area contributed by atoms with Gasteiger partial charge in [-0.15, -0.1) is 10.2 Å². The minimum absolute atomic E-state index is 0.303. The van der Waals surface area contributed by atoms with Crippen LogP contribution in [0, 0.1) is 0 Å². The largest absolute Gasteiger partial charge is 0.454 e. The second-order valence-corrected chi connectivity index (χ2v) is 7.91. The van der Waals surface area contributed by atoms with Gasteiger partial charge in [0.1, 0.15) is 0 Å². The Bertz CT molecular complexity index is 978. The van der Waals surface area contributed by atoms with Crippen LogP contribution in [0.15, 0.2) is 52.1 Å². The van der Waals surface area contributed by atoms with E-state index in [9.17, 15) is 0 Å². The van der Waals surface area contributed by atoms with Gasteiger partial charge < -0.3 is 9.47 Å². The van der Waals surface area contributed by atoms with Crippen molar-refractivity contribution < 1.29 is 9.47 Å². The first-order chi connectivity index (χ1) is 12.8. The van der Waals surface area contributed by atoms with Gasteiger partial charge >= 0.3 is 0 Å². The van der Waals surface area contributed by atoms with Crippen molar-refractivity contribution in [1.82, 2.24) is 19.7 Å². The topological polar surface area (TPSA) is 52.4 Å². The summed E-state index contributed by atoms with van der Waals surface area (Å²) in [4.78, 5) is 2.36. The lowest BCUT2D eigenvalue weighted by Crippen LogP contribution is -2.30. The third kappa shape index (κ3) is 2.87. The summed E-state index contributed by atoms with van der Waals surface area (Å²) in [5.41, 5.74) is 2.26. The molecule has 0 unspecified atom stereocenters. The summed E-state index contributed by atoms with van der Waals surface area (Å²) in [5.74, 6) is 3.41. The van der Waals surface area contributed by atoms with Crippen molar-refractivity contribution in [2.24, 2.45) is 0 Å². The van der Waals surface area contributed by atoms with E-state index in [2.05, 4.69) is 53.8 Å². The van der Waals surface area contributed by atoms with Crippen LogP contribution in [-0.2, 0) is 13.2 Å². The molecule has 0 saturated carbocycles. The summed E-state index contributed by atoms with van der Waals surface area (Å²) in [6.45, 7) is 1.88. The molecule has 6 nitrogen and oxygen atoms in total. The number of hydrogen-bond acceptors (Lipinski definition) is 6. The number of hydrogen-bond donors (Lipinski definition) is 0. The molecule has 0 atom stereocenters. The Balaban J connectivity index is 1.40. The first-order valence-corrected chi connectivity index (χ1v) is 9.97. The van der Waals surface area contributed by atoms with Crippen molar-refractivity contribution in [1.29, 1.82) is 0 Å². The van der Waals surface area contributed by atoms with Crippen LogP contribution in [0.25, 0.3) is 11.4 Å². The smallest absolute Gasteiger partial charge is 0.231 e. The zero-order chi connectivity index (χ0) is 17.5. The lowest BCUT2D eigenvalue weighted by atomic mass is 10.2. The summed E-state index contributed by atoms with van der Waals surface area (Å²) >= 11 is 5.32. The molecular weight excluding hydrogens is 416 g/mol. The number of rotatable bonds is 3. The van der Waals surface area contributed by atoms with Crippen LogP contribution in [0.2, 0.25) is 0 Å². The van der Waals surface area contributed by atoms with Crippen LogP contribution in [0.1, 0.15) is 5.56 Å². The average molecular weight is 431 g/mol. The molecular formula is C18H15BrN4O2S. The predicted octanol–water partition coefficient (Wildman–Crippen LogP) is 3.96. The number of ether oxygens (including phenoxy) is 2. The van der Waals surface area contributed by atoms with Crippen LogP contribution >= 0.6 is 27.7 Å². The predicted molar refractivity (Wildman–Crippen MR) is 102 cm³/mol. The number of nitrogens with zero attached hydrogens (tertiary/aromatic N) is 4. The summed E-state index contributed by atoms with van der Waals surface area (Å²) in [5, 5.41) is 9.73. The average Bonchev–Trinajstić information content (AvgIpc) is 3.28. The Morgan fingerprint density at radius 1 is 1.08 bits per heavy atom. The Morgan fingerprint density at radius 3 is 2.88 bits per heavy atom. The van der Waals surface area contributed by atoms with E-state index in [0.29, 0.717) is 6.79 Å². The maximum atomic E-state index is 5.49. The van der Waals surface area contributed by atoms with Gasteiger partial charge in [-0.05, 0) is 23.8 Å². The van der Waals surface area contributed by atoms with E-state index in [1.54, 1.807) is 11.8 Å². The molecule has 132 valence electrons. The second kappa shape index (κ2) is 6.61. The molecule has 0 amide bonds. The molecule has 2 aliphatic rings.